The predicted octanol–water partition coefficient (Wildman–Crippen LogP) is 4.20. The summed E-state index contributed by atoms with van der Waals surface area (Å²) in [5, 5.41) is 0.565. The largest absolute Gasteiger partial charge is 0.483 e. The number of carbonyl (C=O) groups is 1. The molecular formula is C15H16BrClNO2SY-. The van der Waals surface area contributed by atoms with Gasteiger partial charge in [0.1, 0.15) is 11.7 Å². The first kappa shape index (κ1) is 20.5. The molecule has 1 unspecified atom stereocenters. The molecule has 117 valence electrons. The van der Waals surface area contributed by atoms with E-state index in [1.54, 1.807) is 22.7 Å². The van der Waals surface area contributed by atoms with Crippen molar-refractivity contribution >= 4 is 50.9 Å². The first-order valence-electron chi connectivity index (χ1n) is 6.56. The standard InChI is InChI=1S/C15H16BrClNO2S.Y/c1-3-18-14(7-6-12(16)15(18)19)11-5-4-10(8-13(11)17)20-9-21-2;/h4-5,8,12H,3,6,9H2,1-2H3;/q-1;. The molecule has 0 aliphatic carbocycles. The van der Waals surface area contributed by atoms with Crippen LogP contribution in [0.4, 0.5) is 0 Å². The number of rotatable bonds is 5. The Hall–Kier alpha value is 0.454. The van der Waals surface area contributed by atoms with E-state index in [0.29, 0.717) is 23.9 Å². The molecule has 7 heteroatoms. The Bertz CT molecular complexity index is 570. The van der Waals surface area contributed by atoms with Crippen molar-refractivity contribution in [3.63, 3.8) is 0 Å². The van der Waals surface area contributed by atoms with Crippen LogP contribution in [0.1, 0.15) is 18.9 Å². The van der Waals surface area contributed by atoms with Crippen molar-refractivity contribution in [1.29, 1.82) is 0 Å². The summed E-state index contributed by atoms with van der Waals surface area (Å²) in [5.74, 6) is 1.35. The van der Waals surface area contributed by atoms with Crippen molar-refractivity contribution in [2.45, 2.75) is 18.2 Å². The quantitative estimate of drug-likeness (QED) is 0.361. The number of carbonyl (C=O) groups excluding carboxylic acids is 1. The van der Waals surface area contributed by atoms with Crippen molar-refractivity contribution < 1.29 is 42.2 Å². The molecule has 0 saturated carbocycles. The number of hydrogen-bond acceptors (Lipinski definition) is 3. The number of nitrogens with zero attached hydrogens (tertiary/aromatic N) is 1. The van der Waals surface area contributed by atoms with E-state index >= 15 is 0 Å². The topological polar surface area (TPSA) is 29.5 Å². The van der Waals surface area contributed by atoms with E-state index in [4.69, 9.17) is 16.3 Å². The number of alkyl halides is 1. The van der Waals surface area contributed by atoms with Crippen LogP contribution in [0, 0.1) is 6.08 Å². The Morgan fingerprint density at radius 3 is 2.86 bits per heavy atom. The zero-order chi connectivity index (χ0) is 15.4. The van der Waals surface area contributed by atoms with Crippen LogP contribution in [0.15, 0.2) is 18.2 Å². The normalized spacial score (nSPS) is 17.8. The van der Waals surface area contributed by atoms with E-state index in [9.17, 15) is 4.79 Å². The maximum Gasteiger partial charge on any atom is 0.236 e. The van der Waals surface area contributed by atoms with Crippen LogP contribution in [-0.2, 0) is 37.5 Å². The van der Waals surface area contributed by atoms with Gasteiger partial charge in [-0.15, -0.1) is 40.7 Å². The maximum absolute atomic E-state index is 12.2. The zero-order valence-corrected chi connectivity index (χ0v) is 18.4. The average molecular weight is 479 g/mol. The van der Waals surface area contributed by atoms with Gasteiger partial charge in [0.15, 0.2) is 0 Å². The molecule has 3 nitrogen and oxygen atoms in total. The predicted molar refractivity (Wildman–Crippen MR) is 91.8 cm³/mol. The van der Waals surface area contributed by atoms with Gasteiger partial charge in [-0.3, -0.25) is 4.79 Å². The summed E-state index contributed by atoms with van der Waals surface area (Å²) in [4.78, 5) is 13.7. The molecular weight excluding hydrogens is 463 g/mol. The second-order valence-corrected chi connectivity index (χ2v) is 6.80. The third kappa shape index (κ3) is 4.73. The van der Waals surface area contributed by atoms with E-state index in [-0.39, 0.29) is 43.4 Å². The van der Waals surface area contributed by atoms with Crippen molar-refractivity contribution in [3.05, 3.63) is 34.9 Å². The third-order valence-corrected chi connectivity index (χ3v) is 4.49. The third-order valence-electron chi connectivity index (χ3n) is 3.11. The molecule has 1 aromatic carbocycles. The minimum Gasteiger partial charge on any atom is -0.483 e. The maximum atomic E-state index is 12.2. The smallest absolute Gasteiger partial charge is 0.236 e. The molecule has 1 amide bonds. The SMILES string of the molecule is CCN1C(=O)C(Br)C[C-]=C1c1ccc(OCSC)cc1Cl.[Y]. The van der Waals surface area contributed by atoms with Gasteiger partial charge in [-0.1, -0.05) is 22.4 Å². The second-order valence-electron chi connectivity index (χ2n) is 4.47. The first-order valence-corrected chi connectivity index (χ1v) is 9.25. The summed E-state index contributed by atoms with van der Waals surface area (Å²) < 4.78 is 5.53. The molecule has 22 heavy (non-hydrogen) atoms. The fourth-order valence-electron chi connectivity index (χ4n) is 2.11. The van der Waals surface area contributed by atoms with Gasteiger partial charge in [-0.2, -0.15) is 0 Å². The van der Waals surface area contributed by atoms with E-state index in [1.807, 2.05) is 25.3 Å². The van der Waals surface area contributed by atoms with Crippen molar-refractivity contribution in [1.82, 2.24) is 4.90 Å². The van der Waals surface area contributed by atoms with Gasteiger partial charge in [0.25, 0.3) is 0 Å². The van der Waals surface area contributed by atoms with Gasteiger partial charge >= 0.3 is 0 Å². The summed E-state index contributed by atoms with van der Waals surface area (Å²) in [5.41, 5.74) is 1.56. The second kappa shape index (κ2) is 9.68. The minimum absolute atomic E-state index is 0. The van der Waals surface area contributed by atoms with Gasteiger partial charge in [-0.25, -0.2) is 6.08 Å². The number of amides is 1. The van der Waals surface area contributed by atoms with E-state index < -0.39 is 0 Å². The Balaban J connectivity index is 0.00000242. The molecule has 0 N–H and O–H groups in total. The Morgan fingerprint density at radius 2 is 2.27 bits per heavy atom. The first-order chi connectivity index (χ1) is 10.1. The number of hydrogen-bond donors (Lipinski definition) is 0. The summed E-state index contributed by atoms with van der Waals surface area (Å²) in [7, 11) is 0. The molecule has 0 aromatic heterocycles. The molecule has 0 spiro atoms. The molecule has 0 fully saturated rings. The van der Waals surface area contributed by atoms with Crippen molar-refractivity contribution in [2.75, 3.05) is 18.7 Å². The number of allylic oxidation sites excluding steroid dienone is 1. The van der Waals surface area contributed by atoms with E-state index in [2.05, 4.69) is 22.0 Å². The Morgan fingerprint density at radius 1 is 1.55 bits per heavy atom. The molecule has 1 aliphatic heterocycles. The number of thioether (sulfide) groups is 1. The monoisotopic (exact) mass is 477 g/mol. The molecule has 2 rings (SSSR count). The van der Waals surface area contributed by atoms with E-state index in [1.165, 1.54) is 0 Å². The van der Waals surface area contributed by atoms with Crippen LogP contribution in [0.25, 0.3) is 5.70 Å². The van der Waals surface area contributed by atoms with Crippen molar-refractivity contribution in [3.8, 4) is 5.75 Å². The fraction of sp³-hybridized carbons (Fsp3) is 0.400. The molecule has 1 heterocycles. The summed E-state index contributed by atoms with van der Waals surface area (Å²) in [6.07, 6.45) is 5.78. The van der Waals surface area contributed by atoms with Gasteiger partial charge in [-0.05, 0) is 30.3 Å². The van der Waals surface area contributed by atoms with Crippen LogP contribution in [0.5, 0.6) is 5.75 Å². The molecule has 1 aromatic rings. The van der Waals surface area contributed by atoms with Crippen LogP contribution in [0.3, 0.4) is 0 Å². The van der Waals surface area contributed by atoms with Crippen LogP contribution in [0.2, 0.25) is 5.02 Å². The number of benzene rings is 1. The van der Waals surface area contributed by atoms with Crippen molar-refractivity contribution in [2.24, 2.45) is 0 Å². The van der Waals surface area contributed by atoms with Gasteiger partial charge < -0.3 is 9.64 Å². The summed E-state index contributed by atoms with van der Waals surface area (Å²) >= 11 is 11.3. The summed E-state index contributed by atoms with van der Waals surface area (Å²) in [6.45, 7) is 2.53. The van der Waals surface area contributed by atoms with Gasteiger partial charge in [0.2, 0.25) is 5.91 Å². The minimum atomic E-state index is -0.204. The van der Waals surface area contributed by atoms with Crippen LogP contribution in [-0.4, -0.2) is 34.4 Å². The molecule has 0 bridgehead atoms. The summed E-state index contributed by atoms with van der Waals surface area (Å²) in [6, 6.07) is 5.52. The zero-order valence-electron chi connectivity index (χ0n) is 12.4. The Kier molecular flexibility index (Phi) is 9.02. The average Bonchev–Trinajstić information content (AvgIpc) is 2.48. The molecule has 1 atom stereocenters. The Labute approximate surface area is 174 Å². The number of halogens is 2. The van der Waals surface area contributed by atoms with Crippen LogP contribution < -0.4 is 4.74 Å². The van der Waals surface area contributed by atoms with Gasteiger partial charge in [0, 0.05) is 39.3 Å². The molecule has 0 saturated heterocycles. The number of ether oxygens (including phenoxy) is 1. The fourth-order valence-corrected chi connectivity index (χ4v) is 3.03. The molecule has 1 radical (unpaired) electrons. The molecule has 1 aliphatic rings. The van der Waals surface area contributed by atoms with E-state index in [0.717, 1.165) is 17.0 Å². The van der Waals surface area contributed by atoms with Crippen LogP contribution >= 0.6 is 39.3 Å². The van der Waals surface area contributed by atoms with Gasteiger partial charge in [0.05, 0.1) is 4.83 Å².